The van der Waals surface area contributed by atoms with Crippen molar-refractivity contribution < 1.29 is 4.74 Å². The Hall–Kier alpha value is -1.87. The SMILES string of the molecule is CNC.Cc1ccncc1-c1cccc2c1OCCC2. The summed E-state index contributed by atoms with van der Waals surface area (Å²) in [5.41, 5.74) is 4.90. The fourth-order valence-electron chi connectivity index (χ4n) is 2.35. The Morgan fingerprint density at radius 2 is 1.95 bits per heavy atom. The molecular formula is C17H22N2O. The molecule has 0 unspecified atom stereocenters. The molecule has 1 N–H and O–H groups in total. The summed E-state index contributed by atoms with van der Waals surface area (Å²) in [6.07, 6.45) is 5.98. The van der Waals surface area contributed by atoms with E-state index in [0.717, 1.165) is 25.2 Å². The highest BCUT2D eigenvalue weighted by Crippen LogP contribution is 2.36. The lowest BCUT2D eigenvalue weighted by molar-refractivity contribution is 0.289. The average molecular weight is 270 g/mol. The van der Waals surface area contributed by atoms with Crippen LogP contribution in [-0.4, -0.2) is 25.7 Å². The van der Waals surface area contributed by atoms with Crippen LogP contribution in [0.3, 0.4) is 0 Å². The summed E-state index contributed by atoms with van der Waals surface area (Å²) in [7, 11) is 3.75. The molecule has 0 radical (unpaired) electrons. The molecule has 1 aliphatic heterocycles. The number of fused-ring (bicyclic) bond motifs is 1. The molecule has 0 saturated carbocycles. The lowest BCUT2D eigenvalue weighted by Crippen LogP contribution is -2.09. The van der Waals surface area contributed by atoms with Gasteiger partial charge in [0.15, 0.2) is 0 Å². The van der Waals surface area contributed by atoms with Gasteiger partial charge in [-0.2, -0.15) is 0 Å². The number of para-hydroxylation sites is 1. The maximum atomic E-state index is 5.84. The van der Waals surface area contributed by atoms with E-state index in [9.17, 15) is 0 Å². The molecule has 2 aromatic rings. The molecule has 3 nitrogen and oxygen atoms in total. The molecule has 106 valence electrons. The molecule has 1 aromatic carbocycles. The van der Waals surface area contributed by atoms with Gasteiger partial charge in [-0.05, 0) is 51.1 Å². The van der Waals surface area contributed by atoms with Crippen LogP contribution in [0, 0.1) is 6.92 Å². The lowest BCUT2D eigenvalue weighted by Gasteiger charge is -2.20. The van der Waals surface area contributed by atoms with Crippen LogP contribution >= 0.6 is 0 Å². The Balaban J connectivity index is 0.000000452. The normalized spacial score (nSPS) is 12.8. The summed E-state index contributed by atoms with van der Waals surface area (Å²) >= 11 is 0. The molecule has 20 heavy (non-hydrogen) atoms. The lowest BCUT2D eigenvalue weighted by atomic mass is 9.96. The highest BCUT2D eigenvalue weighted by Gasteiger charge is 2.16. The molecule has 0 bridgehead atoms. The molecule has 1 aliphatic rings. The Kier molecular flexibility index (Phi) is 5.13. The minimum absolute atomic E-state index is 0.823. The zero-order valence-corrected chi connectivity index (χ0v) is 12.4. The summed E-state index contributed by atoms with van der Waals surface area (Å²) in [6.45, 7) is 2.93. The summed E-state index contributed by atoms with van der Waals surface area (Å²) in [6, 6.07) is 8.42. The molecular weight excluding hydrogens is 248 g/mol. The molecule has 0 aliphatic carbocycles. The van der Waals surface area contributed by atoms with Crippen molar-refractivity contribution in [3.63, 3.8) is 0 Å². The number of hydrogen-bond donors (Lipinski definition) is 1. The third-order valence-corrected chi connectivity index (χ3v) is 3.26. The van der Waals surface area contributed by atoms with Crippen LogP contribution in [-0.2, 0) is 6.42 Å². The second kappa shape index (κ2) is 7.06. The number of benzene rings is 1. The van der Waals surface area contributed by atoms with Crippen LogP contribution in [0.1, 0.15) is 17.5 Å². The number of ether oxygens (including phenoxy) is 1. The van der Waals surface area contributed by atoms with Crippen molar-refractivity contribution in [2.75, 3.05) is 20.7 Å². The molecule has 0 fully saturated rings. The van der Waals surface area contributed by atoms with Crippen molar-refractivity contribution in [1.82, 2.24) is 10.3 Å². The average Bonchev–Trinajstić information content (AvgIpc) is 2.48. The topological polar surface area (TPSA) is 34.2 Å². The predicted molar refractivity (Wildman–Crippen MR) is 83.2 cm³/mol. The van der Waals surface area contributed by atoms with Crippen LogP contribution in [0.2, 0.25) is 0 Å². The number of nitrogens with zero attached hydrogens (tertiary/aromatic N) is 1. The van der Waals surface area contributed by atoms with Crippen molar-refractivity contribution in [3.8, 4) is 16.9 Å². The highest BCUT2D eigenvalue weighted by atomic mass is 16.5. The zero-order chi connectivity index (χ0) is 14.4. The molecule has 2 heterocycles. The van der Waals surface area contributed by atoms with Crippen molar-refractivity contribution in [3.05, 3.63) is 47.8 Å². The highest BCUT2D eigenvalue weighted by molar-refractivity contribution is 5.74. The van der Waals surface area contributed by atoms with Gasteiger partial charge in [-0.1, -0.05) is 18.2 Å². The van der Waals surface area contributed by atoms with Gasteiger partial charge in [0.25, 0.3) is 0 Å². The van der Waals surface area contributed by atoms with E-state index in [4.69, 9.17) is 4.74 Å². The van der Waals surface area contributed by atoms with Gasteiger partial charge < -0.3 is 10.1 Å². The van der Waals surface area contributed by atoms with Crippen LogP contribution in [0.15, 0.2) is 36.7 Å². The van der Waals surface area contributed by atoms with Crippen molar-refractivity contribution in [2.24, 2.45) is 0 Å². The summed E-state index contributed by atoms with van der Waals surface area (Å²) < 4.78 is 5.84. The van der Waals surface area contributed by atoms with Gasteiger partial charge in [0.05, 0.1) is 6.61 Å². The number of aryl methyl sites for hydroxylation is 2. The van der Waals surface area contributed by atoms with Gasteiger partial charge in [-0.25, -0.2) is 0 Å². The van der Waals surface area contributed by atoms with E-state index in [1.54, 1.807) is 0 Å². The molecule has 0 saturated heterocycles. The summed E-state index contributed by atoms with van der Waals surface area (Å²) in [5.74, 6) is 1.05. The molecule has 3 heteroatoms. The van der Waals surface area contributed by atoms with E-state index in [0.29, 0.717) is 0 Å². The van der Waals surface area contributed by atoms with Crippen LogP contribution in [0.4, 0.5) is 0 Å². The van der Waals surface area contributed by atoms with Crippen molar-refractivity contribution in [2.45, 2.75) is 19.8 Å². The molecule has 3 rings (SSSR count). The molecule has 0 atom stereocenters. The first-order chi connectivity index (χ1) is 9.77. The van der Waals surface area contributed by atoms with Gasteiger partial charge in [0, 0.05) is 23.5 Å². The number of aromatic nitrogens is 1. The van der Waals surface area contributed by atoms with Crippen molar-refractivity contribution in [1.29, 1.82) is 0 Å². The Morgan fingerprint density at radius 1 is 1.15 bits per heavy atom. The van der Waals surface area contributed by atoms with Crippen LogP contribution in [0.5, 0.6) is 5.75 Å². The zero-order valence-electron chi connectivity index (χ0n) is 12.4. The van der Waals surface area contributed by atoms with Crippen molar-refractivity contribution >= 4 is 0 Å². The number of nitrogens with one attached hydrogen (secondary N) is 1. The summed E-state index contributed by atoms with van der Waals surface area (Å²) in [5, 5.41) is 2.75. The second-order valence-electron chi connectivity index (χ2n) is 4.94. The quantitative estimate of drug-likeness (QED) is 0.864. The monoisotopic (exact) mass is 270 g/mol. The van der Waals surface area contributed by atoms with E-state index in [2.05, 4.69) is 35.4 Å². The third-order valence-electron chi connectivity index (χ3n) is 3.26. The summed E-state index contributed by atoms with van der Waals surface area (Å²) in [4.78, 5) is 4.22. The minimum Gasteiger partial charge on any atom is -0.493 e. The molecule has 0 spiro atoms. The van der Waals surface area contributed by atoms with Gasteiger partial charge in [-0.3, -0.25) is 4.98 Å². The van der Waals surface area contributed by atoms with Crippen LogP contribution < -0.4 is 10.1 Å². The van der Waals surface area contributed by atoms with Crippen LogP contribution in [0.25, 0.3) is 11.1 Å². The Bertz CT molecular complexity index is 567. The maximum Gasteiger partial charge on any atom is 0.130 e. The number of pyridine rings is 1. The van der Waals surface area contributed by atoms with E-state index in [1.165, 1.54) is 22.3 Å². The first-order valence-corrected chi connectivity index (χ1v) is 7.02. The van der Waals surface area contributed by atoms with E-state index in [-0.39, 0.29) is 0 Å². The number of hydrogen-bond acceptors (Lipinski definition) is 3. The molecule has 0 amide bonds. The Morgan fingerprint density at radius 3 is 2.70 bits per heavy atom. The Labute approximate surface area is 121 Å². The standard InChI is InChI=1S/C15H15NO.C2H7N/c1-11-7-8-16-10-14(11)13-6-2-4-12-5-3-9-17-15(12)13;1-3-2/h2,4,6-8,10H,3,5,9H2,1H3;3H,1-2H3. The molecule has 1 aromatic heterocycles. The fourth-order valence-corrected chi connectivity index (χ4v) is 2.35. The van der Waals surface area contributed by atoms with E-state index < -0.39 is 0 Å². The first kappa shape index (κ1) is 14.5. The fraction of sp³-hybridized carbons (Fsp3) is 0.353. The van der Waals surface area contributed by atoms with Gasteiger partial charge in [-0.15, -0.1) is 0 Å². The largest absolute Gasteiger partial charge is 0.493 e. The van der Waals surface area contributed by atoms with Gasteiger partial charge in [0.2, 0.25) is 0 Å². The number of rotatable bonds is 1. The maximum absolute atomic E-state index is 5.84. The van der Waals surface area contributed by atoms with Gasteiger partial charge >= 0.3 is 0 Å². The smallest absolute Gasteiger partial charge is 0.130 e. The second-order valence-corrected chi connectivity index (χ2v) is 4.94. The minimum atomic E-state index is 0.823. The van der Waals surface area contributed by atoms with Gasteiger partial charge in [0.1, 0.15) is 5.75 Å². The first-order valence-electron chi connectivity index (χ1n) is 7.02. The van der Waals surface area contributed by atoms with E-state index >= 15 is 0 Å². The predicted octanol–water partition coefficient (Wildman–Crippen LogP) is 3.22. The van der Waals surface area contributed by atoms with E-state index in [1.807, 2.05) is 32.6 Å². The third kappa shape index (κ3) is 3.17.